The Bertz CT molecular complexity index is 64.9. The topological polar surface area (TPSA) is 140 Å². The summed E-state index contributed by atoms with van der Waals surface area (Å²) in [6.07, 6.45) is 0. The van der Waals surface area contributed by atoms with Crippen molar-refractivity contribution in [2.24, 2.45) is 0 Å². The number of hydrogen-bond acceptors (Lipinski definition) is 4. The molecule has 0 aromatic heterocycles. The van der Waals surface area contributed by atoms with Crippen LogP contribution in [0.2, 0.25) is 0 Å². The fourth-order valence-corrected chi connectivity index (χ4v) is 0. The molecular formula is H12Cl8N4Pt3. The molecule has 0 spiro atoms. The first-order valence-electron chi connectivity index (χ1n) is 0.956. The van der Waals surface area contributed by atoms with E-state index in [9.17, 15) is 0 Å². The maximum absolute atomic E-state index is 5.01. The first-order valence-corrected chi connectivity index (χ1v) is 23.5. The molecule has 0 saturated heterocycles. The van der Waals surface area contributed by atoms with Gasteiger partial charge in [-0.05, 0) is 0 Å². The average Bonchev–Trinajstić information content (AvgIpc) is 1.12. The van der Waals surface area contributed by atoms with Gasteiger partial charge in [-0.2, -0.15) is 0 Å². The molecule has 0 atom stereocenters. The molecule has 0 unspecified atom stereocenters. The Kier molecular flexibility index (Phi) is 58.5. The molecule has 0 aliphatic rings. The number of hydrogen-bond donors (Lipinski definition) is 4. The smallest absolute Gasteiger partial charge is 4.00 e. The molecule has 0 aromatic carbocycles. The molecule has 0 aliphatic heterocycles. The van der Waals surface area contributed by atoms with Crippen LogP contribution in [0, 0.1) is 0 Å². The molecule has 118 valence electrons. The van der Waals surface area contributed by atoms with Crippen molar-refractivity contribution in [3.8, 4) is 0 Å². The minimum absolute atomic E-state index is 0. The van der Waals surface area contributed by atoms with Crippen LogP contribution in [0.1, 0.15) is 0 Å². The molecule has 0 heterocycles. The monoisotopic (exact) mass is 933 g/mol. The minimum Gasteiger partial charge on any atom is 4.00 e. The zero-order chi connectivity index (χ0) is 9.00. The van der Waals surface area contributed by atoms with Crippen LogP contribution in [0.5, 0.6) is 0 Å². The van der Waals surface area contributed by atoms with Gasteiger partial charge in [-0.15, -0.1) is 0 Å². The third kappa shape index (κ3) is 269. The summed E-state index contributed by atoms with van der Waals surface area (Å²) in [4.78, 5) is 0. The third-order valence-electron chi connectivity index (χ3n) is 0. The van der Waals surface area contributed by atoms with Gasteiger partial charge in [0.25, 0.3) is 0 Å². The van der Waals surface area contributed by atoms with Gasteiger partial charge in [-0.3, -0.25) is 0 Å². The molecule has 0 bridgehead atoms. The Morgan fingerprint density at radius 2 is 0.400 bits per heavy atom. The molecule has 12 N–H and O–H groups in total. The van der Waals surface area contributed by atoms with E-state index in [2.05, 4.69) is 0 Å². The normalized spacial score (nSPS) is 10.1. The fraction of sp³-hybridized carbons (Fsp3) is 0. The first kappa shape index (κ1) is 42.7. The summed E-state index contributed by atoms with van der Waals surface area (Å²) >= 11 is -6.11. The predicted octanol–water partition coefficient (Wildman–Crippen LogP) is 6.16. The van der Waals surface area contributed by atoms with E-state index in [0.29, 0.717) is 0 Å². The summed E-state index contributed by atoms with van der Waals surface area (Å²) in [6.45, 7) is 0. The predicted molar refractivity (Wildman–Crippen MR) is 66.9 cm³/mol. The molecule has 0 fully saturated rings. The van der Waals surface area contributed by atoms with Gasteiger partial charge in [-0.1, -0.05) is 0 Å². The quantitative estimate of drug-likeness (QED) is 0.231. The largest absolute Gasteiger partial charge is 4.00 e. The zero-order valence-corrected chi connectivity index (χ0v) is 19.7. The summed E-state index contributed by atoms with van der Waals surface area (Å²) in [7, 11) is 40.1. The Labute approximate surface area is 142 Å². The standard InChI is InChI=1S/8ClH.4H3N.3Pt/h8*1H;4*1H3;;;/q;;;;;;;;;;;;2*+2;+4/p-8. The van der Waals surface area contributed by atoms with Gasteiger partial charge in [0.2, 0.25) is 0 Å². The van der Waals surface area contributed by atoms with E-state index in [0.717, 1.165) is 0 Å². The van der Waals surface area contributed by atoms with Crippen molar-refractivity contribution in [3.05, 3.63) is 0 Å². The fourth-order valence-electron chi connectivity index (χ4n) is 0. The average molecular weight is 937 g/mol. The summed E-state index contributed by atoms with van der Waals surface area (Å²) in [6, 6.07) is 0. The molecule has 15 heavy (non-hydrogen) atoms. The Morgan fingerprint density at radius 1 is 0.400 bits per heavy atom. The van der Waals surface area contributed by atoms with Crippen LogP contribution in [-0.4, -0.2) is 0 Å². The number of rotatable bonds is 0. The van der Waals surface area contributed by atoms with Gasteiger partial charge < -0.3 is 24.6 Å². The van der Waals surface area contributed by atoms with Gasteiger partial charge in [-0.25, -0.2) is 0 Å². The van der Waals surface area contributed by atoms with Crippen molar-refractivity contribution in [3.63, 3.8) is 0 Å². The van der Waals surface area contributed by atoms with Gasteiger partial charge in [0.15, 0.2) is 0 Å². The van der Waals surface area contributed by atoms with E-state index in [4.69, 9.17) is 75.3 Å². The molecule has 15 heteroatoms. The Hall–Kier alpha value is 4.22. The van der Waals surface area contributed by atoms with Crippen molar-refractivity contribution in [1.29, 1.82) is 0 Å². The minimum atomic E-state index is -3.06. The van der Waals surface area contributed by atoms with E-state index >= 15 is 0 Å². The van der Waals surface area contributed by atoms with Gasteiger partial charge in [0.1, 0.15) is 0 Å². The molecule has 0 aromatic rings. The summed E-state index contributed by atoms with van der Waals surface area (Å²) < 4.78 is 0. The molecular weight excluding hydrogens is 925 g/mol. The number of halogens is 8. The third-order valence-corrected chi connectivity index (χ3v) is 0. The molecule has 0 saturated carbocycles. The van der Waals surface area contributed by atoms with Crippen LogP contribution in [0.3, 0.4) is 0 Å². The maximum atomic E-state index is 5.01. The van der Waals surface area contributed by atoms with Crippen molar-refractivity contribution in [2.75, 3.05) is 0 Å². The Morgan fingerprint density at radius 3 is 0.400 bits per heavy atom. The maximum Gasteiger partial charge on any atom is 4.00 e. The van der Waals surface area contributed by atoms with Gasteiger partial charge >= 0.3 is 120 Å². The van der Waals surface area contributed by atoms with Crippen LogP contribution in [0.15, 0.2) is 0 Å². The molecule has 0 amide bonds. The second-order valence-corrected chi connectivity index (χ2v) is 39.9. The van der Waals surface area contributed by atoms with Crippen LogP contribution < -0.4 is 24.6 Å². The molecule has 0 rings (SSSR count). The Balaban J connectivity index is -0.0000000128. The summed E-state index contributed by atoms with van der Waals surface area (Å²) in [5, 5.41) is 0. The summed E-state index contributed by atoms with van der Waals surface area (Å²) in [5.74, 6) is 0. The molecule has 0 radical (unpaired) electrons. The van der Waals surface area contributed by atoms with Crippen LogP contribution in [0.25, 0.3) is 0 Å². The van der Waals surface area contributed by atoms with Crippen molar-refractivity contribution >= 4 is 75.3 Å². The van der Waals surface area contributed by atoms with Crippen LogP contribution >= 0.6 is 75.3 Å². The molecule has 4 nitrogen and oxygen atoms in total. The zero-order valence-electron chi connectivity index (χ0n) is 6.80. The van der Waals surface area contributed by atoms with Crippen molar-refractivity contribution in [1.82, 2.24) is 24.6 Å². The first-order chi connectivity index (χ1) is 4.00. The second-order valence-electron chi connectivity index (χ2n) is 0.542. The van der Waals surface area contributed by atoms with E-state index < -0.39 is 23.8 Å². The van der Waals surface area contributed by atoms with Gasteiger partial charge in [0, 0.05) is 0 Å². The summed E-state index contributed by atoms with van der Waals surface area (Å²) in [5.41, 5.74) is 0. The van der Waals surface area contributed by atoms with Gasteiger partial charge in [0.05, 0.1) is 0 Å². The van der Waals surface area contributed by atoms with E-state index in [1.165, 1.54) is 0 Å². The molecule has 0 aliphatic carbocycles. The van der Waals surface area contributed by atoms with Crippen molar-refractivity contribution < 1.29 is 44.9 Å². The van der Waals surface area contributed by atoms with E-state index in [-0.39, 0.29) is 45.7 Å². The second kappa shape index (κ2) is 20.5. The van der Waals surface area contributed by atoms with E-state index in [1.54, 1.807) is 0 Å². The van der Waals surface area contributed by atoms with Crippen LogP contribution in [-0.2, 0) is 44.9 Å². The van der Waals surface area contributed by atoms with E-state index in [1.807, 2.05) is 0 Å². The van der Waals surface area contributed by atoms with Crippen molar-refractivity contribution in [2.45, 2.75) is 0 Å². The SMILES string of the molecule is N.N.N.N.[Cl][Pt-2]([Cl])([Cl])[Cl].[Cl][Pt-2]([Cl])([Cl])[Cl].[Pt+4]. The van der Waals surface area contributed by atoms with Crippen LogP contribution in [0.4, 0.5) is 0 Å².